The lowest BCUT2D eigenvalue weighted by Crippen LogP contribution is -2.53. The Labute approximate surface area is 168 Å². The Morgan fingerprint density at radius 3 is 1.96 bits per heavy atom. The van der Waals surface area contributed by atoms with E-state index in [1.807, 2.05) is 67.3 Å². The average Bonchev–Trinajstić information content (AvgIpc) is 2.76. The quantitative estimate of drug-likeness (QED) is 0.689. The Morgan fingerprint density at radius 2 is 1.43 bits per heavy atom. The average molecular weight is 379 g/mol. The zero-order valence-corrected chi connectivity index (χ0v) is 16.9. The summed E-state index contributed by atoms with van der Waals surface area (Å²) < 4.78 is 0. The van der Waals surface area contributed by atoms with E-state index in [0.29, 0.717) is 6.54 Å². The third kappa shape index (κ3) is 4.17. The van der Waals surface area contributed by atoms with Crippen LogP contribution in [0.5, 0.6) is 0 Å². The van der Waals surface area contributed by atoms with Crippen molar-refractivity contribution in [1.82, 2.24) is 9.80 Å². The third-order valence-electron chi connectivity index (χ3n) is 5.96. The highest BCUT2D eigenvalue weighted by Gasteiger charge is 2.44. The van der Waals surface area contributed by atoms with Crippen molar-refractivity contribution in [1.29, 1.82) is 0 Å². The summed E-state index contributed by atoms with van der Waals surface area (Å²) >= 11 is 0. The molecule has 0 bridgehead atoms. The van der Waals surface area contributed by atoms with Crippen LogP contribution in [0.1, 0.15) is 42.6 Å². The highest BCUT2D eigenvalue weighted by Crippen LogP contribution is 2.37. The standard InChI is InChI=1S/C24H30N2O2/c1-3-26(4-2)23(28)24(21-13-9-6-10-14-21)15-17-25(18-16-24)19-22(27)20-11-7-5-8-12-20/h5-14H,3-4,15-19H2,1-2H3. The molecule has 0 radical (unpaired) electrons. The number of nitrogens with zero attached hydrogens (tertiary/aromatic N) is 2. The van der Waals surface area contributed by atoms with E-state index in [1.54, 1.807) is 0 Å². The Balaban J connectivity index is 1.76. The van der Waals surface area contributed by atoms with Gasteiger partial charge < -0.3 is 4.90 Å². The molecular formula is C24H30N2O2. The van der Waals surface area contributed by atoms with E-state index >= 15 is 0 Å². The summed E-state index contributed by atoms with van der Waals surface area (Å²) in [5.41, 5.74) is 1.36. The van der Waals surface area contributed by atoms with Crippen molar-refractivity contribution in [2.45, 2.75) is 32.1 Å². The summed E-state index contributed by atoms with van der Waals surface area (Å²) in [5, 5.41) is 0. The van der Waals surface area contributed by atoms with Crippen LogP contribution in [0.2, 0.25) is 0 Å². The number of hydrogen-bond donors (Lipinski definition) is 0. The number of amides is 1. The highest BCUT2D eigenvalue weighted by atomic mass is 16.2. The van der Waals surface area contributed by atoms with Crippen molar-refractivity contribution in [2.75, 3.05) is 32.7 Å². The molecule has 0 spiro atoms. The molecule has 0 aromatic heterocycles. The van der Waals surface area contributed by atoms with Gasteiger partial charge in [-0.25, -0.2) is 0 Å². The molecule has 1 aliphatic heterocycles. The summed E-state index contributed by atoms with van der Waals surface area (Å²) in [6, 6.07) is 19.6. The van der Waals surface area contributed by atoms with Gasteiger partial charge in [0, 0.05) is 18.7 Å². The maximum Gasteiger partial charge on any atom is 0.233 e. The molecule has 3 rings (SSSR count). The van der Waals surface area contributed by atoms with Crippen LogP contribution in [0, 0.1) is 0 Å². The molecule has 0 aliphatic carbocycles. The SMILES string of the molecule is CCN(CC)C(=O)C1(c2ccccc2)CCN(CC(=O)c2ccccc2)CC1. The first kappa shape index (κ1) is 20.3. The molecule has 1 amide bonds. The monoisotopic (exact) mass is 378 g/mol. The molecule has 1 aliphatic rings. The van der Waals surface area contributed by atoms with Gasteiger partial charge in [0.25, 0.3) is 0 Å². The van der Waals surface area contributed by atoms with E-state index in [2.05, 4.69) is 17.0 Å². The van der Waals surface area contributed by atoms with Crippen LogP contribution < -0.4 is 0 Å². The summed E-state index contributed by atoms with van der Waals surface area (Å²) in [6.07, 6.45) is 1.49. The molecule has 2 aromatic carbocycles. The normalized spacial score (nSPS) is 16.5. The predicted molar refractivity (Wildman–Crippen MR) is 112 cm³/mol. The number of rotatable bonds is 7. The maximum absolute atomic E-state index is 13.5. The van der Waals surface area contributed by atoms with E-state index in [9.17, 15) is 9.59 Å². The molecule has 4 heteroatoms. The Kier molecular flexibility index (Phi) is 6.63. The van der Waals surface area contributed by atoms with Gasteiger partial charge >= 0.3 is 0 Å². The lowest BCUT2D eigenvalue weighted by atomic mass is 9.71. The van der Waals surface area contributed by atoms with Gasteiger partial charge in [-0.15, -0.1) is 0 Å². The van der Waals surface area contributed by atoms with Gasteiger partial charge in [0.15, 0.2) is 5.78 Å². The minimum absolute atomic E-state index is 0.142. The number of ketones is 1. The predicted octanol–water partition coefficient (Wildman–Crippen LogP) is 3.77. The van der Waals surface area contributed by atoms with Gasteiger partial charge in [-0.05, 0) is 45.3 Å². The number of carbonyl (C=O) groups excluding carboxylic acids is 2. The molecule has 0 unspecified atom stereocenters. The van der Waals surface area contributed by atoms with Crippen molar-refractivity contribution in [3.05, 3.63) is 71.8 Å². The fourth-order valence-corrected chi connectivity index (χ4v) is 4.21. The maximum atomic E-state index is 13.5. The van der Waals surface area contributed by atoms with Crippen molar-refractivity contribution >= 4 is 11.7 Å². The molecule has 1 saturated heterocycles. The molecule has 0 N–H and O–H groups in total. The Hall–Kier alpha value is -2.46. The number of Topliss-reactive ketones (excluding diaryl/α,β-unsaturated/α-hetero) is 1. The van der Waals surface area contributed by atoms with Crippen molar-refractivity contribution in [3.63, 3.8) is 0 Å². The van der Waals surface area contributed by atoms with Crippen molar-refractivity contribution < 1.29 is 9.59 Å². The fraction of sp³-hybridized carbons (Fsp3) is 0.417. The smallest absolute Gasteiger partial charge is 0.233 e. The summed E-state index contributed by atoms with van der Waals surface area (Å²) in [6.45, 7) is 7.43. The third-order valence-corrected chi connectivity index (χ3v) is 5.96. The second-order valence-electron chi connectivity index (χ2n) is 7.49. The Bertz CT molecular complexity index is 777. The molecule has 2 aromatic rings. The van der Waals surface area contributed by atoms with Crippen LogP contribution >= 0.6 is 0 Å². The number of piperidine rings is 1. The summed E-state index contributed by atoms with van der Waals surface area (Å²) in [7, 11) is 0. The first-order valence-electron chi connectivity index (χ1n) is 10.3. The van der Waals surface area contributed by atoms with Crippen LogP contribution in [0.3, 0.4) is 0 Å². The minimum atomic E-state index is -0.487. The van der Waals surface area contributed by atoms with E-state index in [4.69, 9.17) is 0 Å². The van der Waals surface area contributed by atoms with Gasteiger partial charge in [0.05, 0.1) is 12.0 Å². The highest BCUT2D eigenvalue weighted by molar-refractivity contribution is 5.97. The zero-order chi connectivity index (χ0) is 20.0. The molecule has 0 atom stereocenters. The van der Waals surface area contributed by atoms with E-state index in [0.717, 1.165) is 50.1 Å². The van der Waals surface area contributed by atoms with E-state index in [-0.39, 0.29) is 11.7 Å². The zero-order valence-electron chi connectivity index (χ0n) is 16.9. The van der Waals surface area contributed by atoms with Gasteiger partial charge in [0.2, 0.25) is 5.91 Å². The molecule has 28 heavy (non-hydrogen) atoms. The van der Waals surface area contributed by atoms with Crippen LogP contribution in [-0.2, 0) is 10.2 Å². The van der Waals surface area contributed by atoms with Crippen LogP contribution in [0.4, 0.5) is 0 Å². The van der Waals surface area contributed by atoms with Gasteiger partial charge in [0.1, 0.15) is 0 Å². The van der Waals surface area contributed by atoms with Crippen molar-refractivity contribution in [2.24, 2.45) is 0 Å². The fourth-order valence-electron chi connectivity index (χ4n) is 4.21. The van der Waals surface area contributed by atoms with E-state index in [1.165, 1.54) is 0 Å². The molecule has 0 saturated carbocycles. The van der Waals surface area contributed by atoms with Crippen molar-refractivity contribution in [3.8, 4) is 0 Å². The molecule has 4 nitrogen and oxygen atoms in total. The van der Waals surface area contributed by atoms with Gasteiger partial charge in [-0.2, -0.15) is 0 Å². The summed E-state index contributed by atoms with van der Waals surface area (Å²) in [5.74, 6) is 0.362. The second-order valence-corrected chi connectivity index (χ2v) is 7.49. The number of benzene rings is 2. The summed E-state index contributed by atoms with van der Waals surface area (Å²) in [4.78, 5) is 30.2. The van der Waals surface area contributed by atoms with E-state index < -0.39 is 5.41 Å². The lowest BCUT2D eigenvalue weighted by molar-refractivity contribution is -0.139. The largest absolute Gasteiger partial charge is 0.342 e. The van der Waals surface area contributed by atoms with Gasteiger partial charge in [-0.1, -0.05) is 60.7 Å². The number of likely N-dealkylation sites (tertiary alicyclic amines) is 1. The molecule has 148 valence electrons. The Morgan fingerprint density at radius 1 is 0.893 bits per heavy atom. The van der Waals surface area contributed by atoms with Gasteiger partial charge in [-0.3, -0.25) is 14.5 Å². The first-order valence-corrected chi connectivity index (χ1v) is 10.3. The second kappa shape index (κ2) is 9.16. The number of hydrogen-bond acceptors (Lipinski definition) is 3. The number of likely N-dealkylation sites (N-methyl/N-ethyl adjacent to an activating group) is 1. The molecule has 1 heterocycles. The topological polar surface area (TPSA) is 40.6 Å². The lowest BCUT2D eigenvalue weighted by Gasteiger charge is -2.43. The first-order chi connectivity index (χ1) is 13.6. The van der Waals surface area contributed by atoms with Crippen LogP contribution in [0.15, 0.2) is 60.7 Å². The van der Waals surface area contributed by atoms with Crippen LogP contribution in [0.25, 0.3) is 0 Å². The number of carbonyl (C=O) groups is 2. The minimum Gasteiger partial charge on any atom is -0.342 e. The van der Waals surface area contributed by atoms with Crippen LogP contribution in [-0.4, -0.2) is 54.2 Å². The molecule has 1 fully saturated rings. The molecular weight excluding hydrogens is 348 g/mol.